The van der Waals surface area contributed by atoms with Gasteiger partial charge >= 0.3 is 0 Å². The maximum absolute atomic E-state index is 13.6. The van der Waals surface area contributed by atoms with Crippen molar-refractivity contribution in [3.63, 3.8) is 0 Å². The molecule has 1 aromatic rings. The Kier molecular flexibility index (Phi) is 9.34. The zero-order chi connectivity index (χ0) is 21.2. The first-order valence-electron chi connectivity index (χ1n) is 10.2. The Morgan fingerprint density at radius 3 is 2.52 bits per heavy atom. The van der Waals surface area contributed by atoms with Crippen molar-refractivity contribution in [1.29, 1.82) is 0 Å². The quantitative estimate of drug-likeness (QED) is 0.345. The van der Waals surface area contributed by atoms with E-state index in [4.69, 9.17) is 4.74 Å². The van der Waals surface area contributed by atoms with Crippen molar-refractivity contribution < 1.29 is 13.9 Å². The SMILES string of the molecule is CN=C(NCCNC(=O)c1ccc(C)c(F)c1)NCC(C(C)C)N1CCOCC1. The standard InChI is InChI=1S/C21H34FN5O2/c1-15(2)19(27-9-11-29-12-10-27)14-26-21(23-4)25-8-7-24-20(28)17-6-5-16(3)18(22)13-17/h5-6,13,15,19H,7-12,14H2,1-4H3,(H,24,28)(H2,23,25,26). The zero-order valence-electron chi connectivity index (χ0n) is 17.9. The molecule has 1 atom stereocenters. The number of carbonyl (C=O) groups is 1. The molecule has 1 heterocycles. The van der Waals surface area contributed by atoms with E-state index in [1.165, 1.54) is 6.07 Å². The Balaban J connectivity index is 1.73. The van der Waals surface area contributed by atoms with Gasteiger partial charge in [0.05, 0.1) is 13.2 Å². The van der Waals surface area contributed by atoms with E-state index in [9.17, 15) is 9.18 Å². The van der Waals surface area contributed by atoms with Gasteiger partial charge in [-0.3, -0.25) is 14.7 Å². The van der Waals surface area contributed by atoms with Gasteiger partial charge in [0, 0.05) is 51.4 Å². The van der Waals surface area contributed by atoms with Crippen molar-refractivity contribution in [2.45, 2.75) is 26.8 Å². The number of aryl methyl sites for hydroxylation is 1. The van der Waals surface area contributed by atoms with E-state index >= 15 is 0 Å². The van der Waals surface area contributed by atoms with Crippen molar-refractivity contribution in [3.8, 4) is 0 Å². The van der Waals surface area contributed by atoms with Gasteiger partial charge in [-0.15, -0.1) is 0 Å². The van der Waals surface area contributed by atoms with E-state index < -0.39 is 0 Å². The van der Waals surface area contributed by atoms with Crippen LogP contribution in [0.4, 0.5) is 4.39 Å². The predicted octanol–water partition coefficient (Wildman–Crippen LogP) is 1.39. The summed E-state index contributed by atoms with van der Waals surface area (Å²) in [6.45, 7) is 11.3. The molecular formula is C21H34FN5O2. The summed E-state index contributed by atoms with van der Waals surface area (Å²) in [4.78, 5) is 18.8. The van der Waals surface area contributed by atoms with Gasteiger partial charge in [-0.05, 0) is 30.5 Å². The molecule has 0 aliphatic carbocycles. The van der Waals surface area contributed by atoms with E-state index in [2.05, 4.69) is 39.7 Å². The molecule has 0 bridgehead atoms. The van der Waals surface area contributed by atoms with Crippen molar-refractivity contribution in [2.24, 2.45) is 10.9 Å². The minimum Gasteiger partial charge on any atom is -0.379 e. The lowest BCUT2D eigenvalue weighted by molar-refractivity contribution is 0.00752. The Morgan fingerprint density at radius 2 is 1.90 bits per heavy atom. The lowest BCUT2D eigenvalue weighted by atomic mass is 10.0. The van der Waals surface area contributed by atoms with Crippen molar-refractivity contribution in [1.82, 2.24) is 20.9 Å². The summed E-state index contributed by atoms with van der Waals surface area (Å²) >= 11 is 0. The van der Waals surface area contributed by atoms with Gasteiger partial charge in [0.25, 0.3) is 5.91 Å². The molecule has 29 heavy (non-hydrogen) atoms. The van der Waals surface area contributed by atoms with E-state index in [0.717, 1.165) is 32.8 Å². The third-order valence-electron chi connectivity index (χ3n) is 5.12. The molecule has 2 rings (SSSR count). The fourth-order valence-electron chi connectivity index (χ4n) is 3.31. The molecule has 162 valence electrons. The molecule has 1 aliphatic rings. The van der Waals surface area contributed by atoms with Crippen LogP contribution in [0.2, 0.25) is 0 Å². The van der Waals surface area contributed by atoms with Crippen LogP contribution in [0.5, 0.6) is 0 Å². The van der Waals surface area contributed by atoms with Crippen LogP contribution in [0.3, 0.4) is 0 Å². The highest BCUT2D eigenvalue weighted by Crippen LogP contribution is 2.12. The molecule has 0 saturated carbocycles. The van der Waals surface area contributed by atoms with Crippen LogP contribution in [0, 0.1) is 18.7 Å². The number of amides is 1. The molecule has 0 aromatic heterocycles. The normalized spacial score (nSPS) is 16.6. The summed E-state index contributed by atoms with van der Waals surface area (Å²) in [5.41, 5.74) is 0.843. The first-order valence-corrected chi connectivity index (χ1v) is 10.2. The Morgan fingerprint density at radius 1 is 1.21 bits per heavy atom. The highest BCUT2D eigenvalue weighted by Gasteiger charge is 2.23. The van der Waals surface area contributed by atoms with Gasteiger partial charge in [0.2, 0.25) is 0 Å². The van der Waals surface area contributed by atoms with Crippen LogP contribution < -0.4 is 16.0 Å². The lowest BCUT2D eigenvalue weighted by Crippen LogP contribution is -2.53. The average molecular weight is 408 g/mol. The number of morpholine rings is 1. The number of aliphatic imine (C=N–C) groups is 1. The van der Waals surface area contributed by atoms with Crippen LogP contribution in [0.15, 0.2) is 23.2 Å². The second-order valence-electron chi connectivity index (χ2n) is 7.56. The van der Waals surface area contributed by atoms with Gasteiger partial charge in [0.1, 0.15) is 5.82 Å². The van der Waals surface area contributed by atoms with Crippen LogP contribution >= 0.6 is 0 Å². The van der Waals surface area contributed by atoms with E-state index in [0.29, 0.717) is 42.1 Å². The second-order valence-corrected chi connectivity index (χ2v) is 7.56. The summed E-state index contributed by atoms with van der Waals surface area (Å²) in [6.07, 6.45) is 0. The number of benzene rings is 1. The van der Waals surface area contributed by atoms with Crippen molar-refractivity contribution >= 4 is 11.9 Å². The minimum absolute atomic E-state index is 0.291. The van der Waals surface area contributed by atoms with Gasteiger partial charge in [-0.2, -0.15) is 0 Å². The summed E-state index contributed by atoms with van der Waals surface area (Å²) in [7, 11) is 1.72. The van der Waals surface area contributed by atoms with Crippen LogP contribution in [0.25, 0.3) is 0 Å². The maximum atomic E-state index is 13.6. The third kappa shape index (κ3) is 7.29. The molecule has 1 fully saturated rings. The smallest absolute Gasteiger partial charge is 0.251 e. The molecule has 0 radical (unpaired) electrons. The molecular weight excluding hydrogens is 373 g/mol. The summed E-state index contributed by atoms with van der Waals surface area (Å²) in [6, 6.07) is 4.89. The number of guanidine groups is 1. The molecule has 1 amide bonds. The summed E-state index contributed by atoms with van der Waals surface area (Å²) in [5.74, 6) is 0.536. The van der Waals surface area contributed by atoms with E-state index in [-0.39, 0.29) is 11.7 Å². The summed E-state index contributed by atoms with van der Waals surface area (Å²) in [5, 5.41) is 9.36. The third-order valence-corrected chi connectivity index (χ3v) is 5.12. The monoisotopic (exact) mass is 407 g/mol. The second kappa shape index (κ2) is 11.7. The Hall–Kier alpha value is -2.19. The lowest BCUT2D eigenvalue weighted by Gasteiger charge is -2.37. The topological polar surface area (TPSA) is 78.0 Å². The van der Waals surface area contributed by atoms with Gasteiger partial charge in [0.15, 0.2) is 5.96 Å². The molecule has 7 nitrogen and oxygen atoms in total. The fourth-order valence-corrected chi connectivity index (χ4v) is 3.31. The summed E-state index contributed by atoms with van der Waals surface area (Å²) < 4.78 is 19.0. The minimum atomic E-state index is -0.375. The molecule has 3 N–H and O–H groups in total. The Bertz CT molecular complexity index is 690. The predicted molar refractivity (Wildman–Crippen MR) is 114 cm³/mol. The average Bonchev–Trinajstić information content (AvgIpc) is 2.72. The molecule has 1 aromatic carbocycles. The highest BCUT2D eigenvalue weighted by molar-refractivity contribution is 5.94. The van der Waals surface area contributed by atoms with Gasteiger partial charge in [-0.1, -0.05) is 19.9 Å². The highest BCUT2D eigenvalue weighted by atomic mass is 19.1. The molecule has 1 unspecified atom stereocenters. The molecule has 1 aliphatic heterocycles. The fraction of sp³-hybridized carbons (Fsp3) is 0.619. The molecule has 0 spiro atoms. The van der Waals surface area contributed by atoms with E-state index in [1.807, 2.05) is 0 Å². The Labute approximate surface area is 173 Å². The van der Waals surface area contributed by atoms with E-state index in [1.54, 1.807) is 26.1 Å². The van der Waals surface area contributed by atoms with Crippen molar-refractivity contribution in [3.05, 3.63) is 35.1 Å². The van der Waals surface area contributed by atoms with Crippen LogP contribution in [-0.2, 0) is 4.74 Å². The number of carbonyl (C=O) groups excluding carboxylic acids is 1. The number of nitrogens with one attached hydrogen (secondary N) is 3. The zero-order valence-corrected chi connectivity index (χ0v) is 17.9. The number of ether oxygens (including phenoxy) is 1. The number of rotatable bonds is 8. The first kappa shape index (κ1) is 23.1. The van der Waals surface area contributed by atoms with Crippen LogP contribution in [0.1, 0.15) is 29.8 Å². The first-order chi connectivity index (χ1) is 13.9. The molecule has 1 saturated heterocycles. The number of hydrogen-bond acceptors (Lipinski definition) is 4. The number of hydrogen-bond donors (Lipinski definition) is 3. The van der Waals surface area contributed by atoms with Gasteiger partial charge < -0.3 is 20.7 Å². The molecule has 8 heteroatoms. The van der Waals surface area contributed by atoms with Gasteiger partial charge in [-0.25, -0.2) is 4.39 Å². The number of halogens is 1. The van der Waals surface area contributed by atoms with Crippen LogP contribution in [-0.4, -0.2) is 75.8 Å². The largest absolute Gasteiger partial charge is 0.379 e. The maximum Gasteiger partial charge on any atom is 0.251 e. The van der Waals surface area contributed by atoms with Crippen molar-refractivity contribution in [2.75, 3.05) is 53.0 Å². The number of nitrogens with zero attached hydrogens (tertiary/aromatic N) is 2.